The van der Waals surface area contributed by atoms with Gasteiger partial charge in [-0.25, -0.2) is 0 Å². The first-order chi connectivity index (χ1) is 6.22. The lowest BCUT2D eigenvalue weighted by Gasteiger charge is -2.05. The molecule has 0 aliphatic heterocycles. The third-order valence-corrected chi connectivity index (χ3v) is 1.66. The summed E-state index contributed by atoms with van der Waals surface area (Å²) in [6, 6.07) is 7.88. The minimum atomic E-state index is 0.189. The quantitative estimate of drug-likeness (QED) is 0.565. The Labute approximate surface area is 78.4 Å². The third kappa shape index (κ3) is 3.44. The summed E-state index contributed by atoms with van der Waals surface area (Å²) in [5.74, 6) is 0.705. The second kappa shape index (κ2) is 4.84. The van der Waals surface area contributed by atoms with Crippen LogP contribution in [-0.4, -0.2) is 13.2 Å². The second-order valence-electron chi connectivity index (χ2n) is 3.08. The highest BCUT2D eigenvalue weighted by atomic mass is 17.2. The Bertz CT molecular complexity index is 244. The first-order valence-corrected chi connectivity index (χ1v) is 4.27. The van der Waals surface area contributed by atoms with Gasteiger partial charge in [0.1, 0.15) is 0 Å². The molecule has 1 rings (SSSR count). The van der Waals surface area contributed by atoms with Crippen molar-refractivity contribution in [2.24, 2.45) is 5.73 Å². The van der Waals surface area contributed by atoms with Gasteiger partial charge in [-0.3, -0.25) is 0 Å². The Morgan fingerprint density at radius 3 is 2.38 bits per heavy atom. The first-order valence-electron chi connectivity index (χ1n) is 4.27. The van der Waals surface area contributed by atoms with Crippen molar-refractivity contribution in [3.05, 3.63) is 29.8 Å². The van der Waals surface area contributed by atoms with E-state index in [4.69, 9.17) is 10.6 Å². The fourth-order valence-electron chi connectivity index (χ4n) is 1.15. The van der Waals surface area contributed by atoms with Gasteiger partial charge in [-0.05, 0) is 31.0 Å². The van der Waals surface area contributed by atoms with Gasteiger partial charge in [-0.1, -0.05) is 12.1 Å². The molecule has 0 fully saturated rings. The third-order valence-electron chi connectivity index (χ3n) is 1.66. The van der Waals surface area contributed by atoms with E-state index in [1.54, 1.807) is 0 Å². The Morgan fingerprint density at radius 1 is 1.31 bits per heavy atom. The average Bonchev–Trinajstić information content (AvgIpc) is 2.08. The van der Waals surface area contributed by atoms with Gasteiger partial charge in [0.15, 0.2) is 5.75 Å². The largest absolute Gasteiger partial charge is 0.338 e. The monoisotopic (exact) mass is 181 g/mol. The summed E-state index contributed by atoms with van der Waals surface area (Å²) in [7, 11) is 1.48. The molecule has 0 saturated carbocycles. The molecule has 13 heavy (non-hydrogen) atoms. The van der Waals surface area contributed by atoms with Crippen molar-refractivity contribution in [3.8, 4) is 5.75 Å². The van der Waals surface area contributed by atoms with E-state index in [-0.39, 0.29) is 6.04 Å². The van der Waals surface area contributed by atoms with Crippen LogP contribution in [0.1, 0.15) is 12.5 Å². The number of rotatable bonds is 4. The maximum absolute atomic E-state index is 5.67. The highest BCUT2D eigenvalue weighted by molar-refractivity contribution is 5.27. The SMILES string of the molecule is COOc1ccc(CC(C)N)cc1. The van der Waals surface area contributed by atoms with Gasteiger partial charge >= 0.3 is 0 Å². The smallest absolute Gasteiger partial charge is 0.165 e. The van der Waals surface area contributed by atoms with Gasteiger partial charge < -0.3 is 10.6 Å². The van der Waals surface area contributed by atoms with Gasteiger partial charge in [-0.15, -0.1) is 0 Å². The predicted molar refractivity (Wildman–Crippen MR) is 51.4 cm³/mol. The number of hydrogen-bond acceptors (Lipinski definition) is 3. The van der Waals surface area contributed by atoms with Crippen molar-refractivity contribution in [1.82, 2.24) is 0 Å². The van der Waals surface area contributed by atoms with Crippen LogP contribution in [0, 0.1) is 0 Å². The minimum Gasteiger partial charge on any atom is -0.338 e. The Morgan fingerprint density at radius 2 is 1.92 bits per heavy atom. The Kier molecular flexibility index (Phi) is 3.73. The van der Waals surface area contributed by atoms with E-state index in [0.29, 0.717) is 5.75 Å². The number of nitrogens with two attached hydrogens (primary N) is 1. The van der Waals surface area contributed by atoms with Gasteiger partial charge in [0.25, 0.3) is 0 Å². The van der Waals surface area contributed by atoms with Crippen LogP contribution < -0.4 is 10.6 Å². The van der Waals surface area contributed by atoms with Gasteiger partial charge in [0, 0.05) is 6.04 Å². The molecule has 3 heteroatoms. The normalized spacial score (nSPS) is 12.5. The summed E-state index contributed by atoms with van der Waals surface area (Å²) >= 11 is 0. The fourth-order valence-corrected chi connectivity index (χ4v) is 1.15. The zero-order chi connectivity index (χ0) is 9.68. The van der Waals surface area contributed by atoms with E-state index in [9.17, 15) is 0 Å². The molecule has 1 atom stereocenters. The molecule has 0 aliphatic carbocycles. The molecule has 0 heterocycles. The van der Waals surface area contributed by atoms with Crippen LogP contribution in [0.2, 0.25) is 0 Å². The van der Waals surface area contributed by atoms with Crippen molar-refractivity contribution < 1.29 is 9.78 Å². The maximum atomic E-state index is 5.67. The van der Waals surface area contributed by atoms with Crippen LogP contribution >= 0.6 is 0 Å². The summed E-state index contributed by atoms with van der Waals surface area (Å²) in [5.41, 5.74) is 6.87. The van der Waals surface area contributed by atoms with Crippen molar-refractivity contribution in [1.29, 1.82) is 0 Å². The topological polar surface area (TPSA) is 44.5 Å². The van der Waals surface area contributed by atoms with Gasteiger partial charge in [0.2, 0.25) is 0 Å². The van der Waals surface area contributed by atoms with E-state index in [1.165, 1.54) is 12.7 Å². The van der Waals surface area contributed by atoms with Crippen molar-refractivity contribution in [2.45, 2.75) is 19.4 Å². The summed E-state index contributed by atoms with van der Waals surface area (Å²) in [4.78, 5) is 9.36. The van der Waals surface area contributed by atoms with E-state index < -0.39 is 0 Å². The first kappa shape index (κ1) is 10.0. The summed E-state index contributed by atoms with van der Waals surface area (Å²) in [6.45, 7) is 1.99. The van der Waals surface area contributed by atoms with Crippen LogP contribution in [0.25, 0.3) is 0 Å². The minimum absolute atomic E-state index is 0.189. The van der Waals surface area contributed by atoms with Crippen molar-refractivity contribution in [2.75, 3.05) is 7.11 Å². The molecule has 0 bridgehead atoms. The Balaban J connectivity index is 2.59. The molecule has 2 N–H and O–H groups in total. The molecule has 1 unspecified atom stereocenters. The van der Waals surface area contributed by atoms with Crippen molar-refractivity contribution in [3.63, 3.8) is 0 Å². The van der Waals surface area contributed by atoms with Crippen molar-refractivity contribution >= 4 is 0 Å². The lowest BCUT2D eigenvalue weighted by molar-refractivity contribution is -0.178. The predicted octanol–water partition coefficient (Wildman–Crippen LogP) is 1.52. The fraction of sp³-hybridized carbons (Fsp3) is 0.400. The lowest BCUT2D eigenvalue weighted by atomic mass is 10.1. The second-order valence-corrected chi connectivity index (χ2v) is 3.08. The maximum Gasteiger partial charge on any atom is 0.165 e. The molecule has 0 radical (unpaired) electrons. The lowest BCUT2D eigenvalue weighted by Crippen LogP contribution is -2.17. The summed E-state index contributed by atoms with van der Waals surface area (Å²) in [6.07, 6.45) is 0.882. The van der Waals surface area contributed by atoms with E-state index in [2.05, 4.69) is 4.89 Å². The Hall–Kier alpha value is -1.06. The average molecular weight is 181 g/mol. The summed E-state index contributed by atoms with van der Waals surface area (Å²) in [5, 5.41) is 0. The molecule has 72 valence electrons. The van der Waals surface area contributed by atoms with Crippen LogP contribution in [0.15, 0.2) is 24.3 Å². The standard InChI is InChI=1S/C10H15NO2/c1-8(11)7-9-3-5-10(6-4-9)13-12-2/h3-6,8H,7,11H2,1-2H3. The molecular formula is C10H15NO2. The number of benzene rings is 1. The molecule has 1 aromatic carbocycles. The van der Waals surface area contributed by atoms with Crippen LogP contribution in [-0.2, 0) is 11.3 Å². The molecule has 3 nitrogen and oxygen atoms in total. The highest BCUT2D eigenvalue weighted by Crippen LogP contribution is 2.12. The molecule has 0 saturated heterocycles. The highest BCUT2D eigenvalue weighted by Gasteiger charge is 1.98. The van der Waals surface area contributed by atoms with E-state index in [0.717, 1.165) is 6.42 Å². The zero-order valence-electron chi connectivity index (χ0n) is 7.99. The van der Waals surface area contributed by atoms with Crippen LogP contribution in [0.3, 0.4) is 0 Å². The van der Waals surface area contributed by atoms with E-state index >= 15 is 0 Å². The molecule has 0 amide bonds. The van der Waals surface area contributed by atoms with Crippen LogP contribution in [0.4, 0.5) is 0 Å². The van der Waals surface area contributed by atoms with Gasteiger partial charge in [-0.2, -0.15) is 4.89 Å². The molecule has 0 aliphatic rings. The van der Waals surface area contributed by atoms with Gasteiger partial charge in [0.05, 0.1) is 7.11 Å². The summed E-state index contributed by atoms with van der Waals surface area (Å²) < 4.78 is 0. The molecule has 0 spiro atoms. The molecule has 1 aromatic rings. The molecular weight excluding hydrogens is 166 g/mol. The van der Waals surface area contributed by atoms with Crippen LogP contribution in [0.5, 0.6) is 5.75 Å². The van der Waals surface area contributed by atoms with E-state index in [1.807, 2.05) is 31.2 Å². The molecule has 0 aromatic heterocycles. The number of hydrogen-bond donors (Lipinski definition) is 1. The zero-order valence-corrected chi connectivity index (χ0v) is 7.99.